The number of fused-ring (bicyclic) bond motifs is 1. The molecular weight excluding hydrogens is 401 g/mol. The van der Waals surface area contributed by atoms with Crippen LogP contribution in [0.25, 0.3) is 11.0 Å². The molecule has 7 nitrogen and oxygen atoms in total. The van der Waals surface area contributed by atoms with Crippen molar-refractivity contribution in [3.8, 4) is 0 Å². The summed E-state index contributed by atoms with van der Waals surface area (Å²) in [5.41, 5.74) is 2.93. The summed E-state index contributed by atoms with van der Waals surface area (Å²) >= 11 is 12.1. The minimum absolute atomic E-state index is 0.250. The smallest absolute Gasteiger partial charge is 0.337 e. The maximum atomic E-state index is 11.8. The van der Waals surface area contributed by atoms with Gasteiger partial charge in [-0.2, -0.15) is 0 Å². The number of hydrogen-bond donors (Lipinski definition) is 3. The van der Waals surface area contributed by atoms with Gasteiger partial charge in [0.1, 0.15) is 0 Å². The number of carboxylic acid groups (broad SMARTS) is 1. The van der Waals surface area contributed by atoms with Crippen molar-refractivity contribution >= 4 is 57.5 Å². The van der Waals surface area contributed by atoms with E-state index < -0.39 is 5.97 Å². The number of benzene rings is 2. The molecule has 1 aliphatic rings. The highest BCUT2D eigenvalue weighted by molar-refractivity contribution is 6.36. The first-order chi connectivity index (χ1) is 13.4. The topological polar surface area (TPSA) is 84.5 Å². The molecule has 4 rings (SSSR count). The minimum Gasteiger partial charge on any atom is -0.478 e. The van der Waals surface area contributed by atoms with Crippen molar-refractivity contribution in [3.05, 3.63) is 45.9 Å². The van der Waals surface area contributed by atoms with Crippen molar-refractivity contribution in [1.82, 2.24) is 14.9 Å². The van der Waals surface area contributed by atoms with Crippen molar-refractivity contribution in [2.75, 3.05) is 43.4 Å². The Morgan fingerprint density at radius 1 is 1.18 bits per heavy atom. The zero-order chi connectivity index (χ0) is 19.8. The largest absolute Gasteiger partial charge is 0.478 e. The lowest BCUT2D eigenvalue weighted by molar-refractivity contribution is 0.0697. The predicted molar refractivity (Wildman–Crippen MR) is 113 cm³/mol. The average molecular weight is 420 g/mol. The molecule has 28 heavy (non-hydrogen) atoms. The molecule has 9 heteroatoms. The third-order valence-corrected chi connectivity index (χ3v) is 5.41. The third kappa shape index (κ3) is 3.73. The number of nitrogens with one attached hydrogen (secondary N) is 2. The van der Waals surface area contributed by atoms with Gasteiger partial charge < -0.3 is 25.2 Å². The van der Waals surface area contributed by atoms with E-state index in [1.165, 1.54) is 0 Å². The van der Waals surface area contributed by atoms with E-state index in [0.29, 0.717) is 32.9 Å². The molecule has 1 fully saturated rings. The van der Waals surface area contributed by atoms with Crippen molar-refractivity contribution in [2.24, 2.45) is 0 Å². The van der Waals surface area contributed by atoms with Gasteiger partial charge in [-0.1, -0.05) is 23.2 Å². The molecule has 0 amide bonds. The molecular formula is C19H19Cl2N5O2. The van der Waals surface area contributed by atoms with E-state index in [2.05, 4.69) is 32.1 Å². The Labute approximate surface area is 171 Å². The number of nitrogens with zero attached hydrogens (tertiary/aromatic N) is 3. The number of imidazole rings is 1. The summed E-state index contributed by atoms with van der Waals surface area (Å²) in [5.74, 6) is -0.486. The fraction of sp³-hybridized carbons (Fsp3) is 0.263. The molecule has 0 radical (unpaired) electrons. The molecule has 0 atom stereocenters. The van der Waals surface area contributed by atoms with Crippen LogP contribution in [0.15, 0.2) is 30.3 Å². The van der Waals surface area contributed by atoms with Gasteiger partial charge in [0.05, 0.1) is 33.0 Å². The number of H-pyrrole nitrogens is 1. The van der Waals surface area contributed by atoms with Gasteiger partial charge in [-0.05, 0) is 37.4 Å². The van der Waals surface area contributed by atoms with Gasteiger partial charge in [-0.3, -0.25) is 0 Å². The van der Waals surface area contributed by atoms with Crippen LogP contribution in [-0.2, 0) is 0 Å². The van der Waals surface area contributed by atoms with Gasteiger partial charge in [0.25, 0.3) is 0 Å². The molecule has 1 aliphatic heterocycles. The Morgan fingerprint density at radius 3 is 2.61 bits per heavy atom. The standard InChI is InChI=1S/C19H19Cl2N5O2/c1-25-4-6-26(7-5-25)17-10-16-15(9-12(17)18(27)28)23-19(24-16)22-14-3-2-11(20)8-13(14)21/h2-3,8-10H,4-7H2,1H3,(H,27,28)(H2,22,23,24). The summed E-state index contributed by atoms with van der Waals surface area (Å²) in [6, 6.07) is 8.59. The van der Waals surface area contributed by atoms with Crippen LogP contribution in [0.4, 0.5) is 17.3 Å². The molecule has 0 unspecified atom stereocenters. The molecule has 1 saturated heterocycles. The maximum Gasteiger partial charge on any atom is 0.337 e. The Hall–Kier alpha value is -2.48. The van der Waals surface area contributed by atoms with Crippen LogP contribution >= 0.6 is 23.2 Å². The predicted octanol–water partition coefficient (Wildman–Crippen LogP) is 4.06. The van der Waals surface area contributed by atoms with Crippen LogP contribution in [0.1, 0.15) is 10.4 Å². The van der Waals surface area contributed by atoms with E-state index in [1.807, 2.05) is 6.07 Å². The highest BCUT2D eigenvalue weighted by Crippen LogP contribution is 2.31. The van der Waals surface area contributed by atoms with Gasteiger partial charge in [0.15, 0.2) is 0 Å². The number of hydrogen-bond acceptors (Lipinski definition) is 5. The van der Waals surface area contributed by atoms with E-state index >= 15 is 0 Å². The van der Waals surface area contributed by atoms with E-state index in [0.717, 1.165) is 31.7 Å². The normalized spacial score (nSPS) is 15.2. The number of aromatic carboxylic acids is 1. The lowest BCUT2D eigenvalue weighted by Gasteiger charge is -2.34. The first-order valence-electron chi connectivity index (χ1n) is 8.83. The molecule has 146 valence electrons. The van der Waals surface area contributed by atoms with E-state index in [9.17, 15) is 9.90 Å². The molecule has 2 heterocycles. The summed E-state index contributed by atoms with van der Waals surface area (Å²) < 4.78 is 0. The Kier molecular flexibility index (Phi) is 5.05. The number of carboxylic acids is 1. The van der Waals surface area contributed by atoms with Crippen LogP contribution in [0.3, 0.4) is 0 Å². The fourth-order valence-corrected chi connectivity index (χ4v) is 3.76. The summed E-state index contributed by atoms with van der Waals surface area (Å²) in [6.07, 6.45) is 0. The Morgan fingerprint density at radius 2 is 1.93 bits per heavy atom. The number of halogens is 2. The van der Waals surface area contributed by atoms with Crippen LogP contribution in [-0.4, -0.2) is 59.2 Å². The molecule has 3 N–H and O–H groups in total. The van der Waals surface area contributed by atoms with Crippen LogP contribution in [0.5, 0.6) is 0 Å². The fourth-order valence-electron chi connectivity index (χ4n) is 3.30. The third-order valence-electron chi connectivity index (χ3n) is 4.86. The van der Waals surface area contributed by atoms with Gasteiger partial charge in [-0.25, -0.2) is 9.78 Å². The van der Waals surface area contributed by atoms with Gasteiger partial charge in [-0.15, -0.1) is 0 Å². The summed E-state index contributed by atoms with van der Waals surface area (Å²) in [7, 11) is 2.06. The van der Waals surface area contributed by atoms with Crippen LogP contribution < -0.4 is 10.2 Å². The molecule has 1 aromatic heterocycles. The SMILES string of the molecule is CN1CCN(c2cc3[nH]c(Nc4ccc(Cl)cc4Cl)nc3cc2C(=O)O)CC1. The quantitative estimate of drug-likeness (QED) is 0.590. The zero-order valence-electron chi connectivity index (χ0n) is 15.2. The molecule has 0 aliphatic carbocycles. The van der Waals surface area contributed by atoms with Crippen molar-refractivity contribution in [3.63, 3.8) is 0 Å². The van der Waals surface area contributed by atoms with Crippen molar-refractivity contribution in [1.29, 1.82) is 0 Å². The first-order valence-corrected chi connectivity index (χ1v) is 9.59. The van der Waals surface area contributed by atoms with E-state index in [-0.39, 0.29) is 5.56 Å². The number of rotatable bonds is 4. The summed E-state index contributed by atoms with van der Waals surface area (Å²) in [5, 5.41) is 13.8. The first kappa shape index (κ1) is 18.9. The van der Waals surface area contributed by atoms with Gasteiger partial charge in [0, 0.05) is 31.2 Å². The van der Waals surface area contributed by atoms with Crippen LogP contribution in [0.2, 0.25) is 10.0 Å². The number of likely N-dealkylation sites (N-methyl/N-ethyl adjacent to an activating group) is 1. The van der Waals surface area contributed by atoms with Gasteiger partial charge >= 0.3 is 5.97 Å². The second-order valence-electron chi connectivity index (χ2n) is 6.82. The zero-order valence-corrected chi connectivity index (χ0v) is 16.7. The number of piperazine rings is 1. The van der Waals surface area contributed by atoms with Gasteiger partial charge in [0.2, 0.25) is 5.95 Å². The van der Waals surface area contributed by atoms with Crippen molar-refractivity contribution < 1.29 is 9.90 Å². The summed E-state index contributed by atoms with van der Waals surface area (Å²) in [4.78, 5) is 23.8. The Balaban J connectivity index is 1.70. The van der Waals surface area contributed by atoms with E-state index in [1.54, 1.807) is 24.3 Å². The lowest BCUT2D eigenvalue weighted by Crippen LogP contribution is -2.45. The Bertz CT molecular complexity index is 1040. The number of aromatic amines is 1. The number of aromatic nitrogens is 2. The number of carbonyl (C=O) groups is 1. The van der Waals surface area contributed by atoms with E-state index in [4.69, 9.17) is 23.2 Å². The lowest BCUT2D eigenvalue weighted by atomic mass is 10.1. The molecule has 0 spiro atoms. The maximum absolute atomic E-state index is 11.8. The highest BCUT2D eigenvalue weighted by Gasteiger charge is 2.22. The molecule has 3 aromatic rings. The van der Waals surface area contributed by atoms with Crippen molar-refractivity contribution in [2.45, 2.75) is 0 Å². The average Bonchev–Trinajstić information content (AvgIpc) is 3.05. The second kappa shape index (κ2) is 7.50. The molecule has 0 bridgehead atoms. The molecule has 0 saturated carbocycles. The number of anilines is 3. The van der Waals surface area contributed by atoms with Crippen LogP contribution in [0, 0.1) is 0 Å². The highest BCUT2D eigenvalue weighted by atomic mass is 35.5. The summed E-state index contributed by atoms with van der Waals surface area (Å²) in [6.45, 7) is 3.34. The second-order valence-corrected chi connectivity index (χ2v) is 7.66. The molecule has 2 aromatic carbocycles. The monoisotopic (exact) mass is 419 g/mol. The minimum atomic E-state index is -0.964.